The quantitative estimate of drug-likeness (QED) is 0.772. The molecule has 2 rings (SSSR count). The molecule has 1 heterocycles. The van der Waals surface area contributed by atoms with Crippen LogP contribution in [0.3, 0.4) is 0 Å². The summed E-state index contributed by atoms with van der Waals surface area (Å²) in [6.45, 7) is 2.45. The highest BCUT2D eigenvalue weighted by Gasteiger charge is 2.17. The number of carbonyl (C=O) groups excluding carboxylic acids is 1. The Morgan fingerprint density at radius 3 is 3.13 bits per heavy atom. The molecule has 0 radical (unpaired) electrons. The van der Waals surface area contributed by atoms with Crippen LogP contribution in [0, 0.1) is 0 Å². The standard InChI is InChI=1S/C11H14N2O2/c1-7(11(12)14)13-9-3-2-4-10-8(9)5-6-15-10/h2-4,7,13H,5-6H2,1H3,(H2,12,14). The second-order valence-electron chi connectivity index (χ2n) is 3.65. The van der Waals surface area contributed by atoms with Crippen LogP contribution in [0.25, 0.3) is 0 Å². The summed E-state index contributed by atoms with van der Waals surface area (Å²) in [4.78, 5) is 10.9. The molecular formula is C11H14N2O2. The van der Waals surface area contributed by atoms with Gasteiger partial charge in [-0.25, -0.2) is 0 Å². The zero-order valence-corrected chi connectivity index (χ0v) is 8.62. The van der Waals surface area contributed by atoms with E-state index in [-0.39, 0.29) is 11.9 Å². The minimum absolute atomic E-state index is 0.355. The molecule has 4 nitrogen and oxygen atoms in total. The number of ether oxygens (including phenoxy) is 1. The van der Waals surface area contributed by atoms with Gasteiger partial charge in [0.15, 0.2) is 0 Å². The minimum atomic E-state index is -0.364. The maximum Gasteiger partial charge on any atom is 0.239 e. The van der Waals surface area contributed by atoms with E-state index in [0.717, 1.165) is 23.4 Å². The number of benzene rings is 1. The number of nitrogens with two attached hydrogens (primary N) is 1. The van der Waals surface area contributed by atoms with E-state index < -0.39 is 0 Å². The van der Waals surface area contributed by atoms with Crippen LogP contribution in [-0.2, 0) is 11.2 Å². The SMILES string of the molecule is CC(Nc1cccc2c1CCO2)C(N)=O. The molecule has 0 aliphatic carbocycles. The Hall–Kier alpha value is -1.71. The first-order valence-corrected chi connectivity index (χ1v) is 4.99. The highest BCUT2D eigenvalue weighted by molar-refractivity contribution is 5.83. The molecule has 15 heavy (non-hydrogen) atoms. The molecule has 1 aliphatic rings. The normalized spacial score (nSPS) is 15.3. The van der Waals surface area contributed by atoms with Gasteiger partial charge < -0.3 is 15.8 Å². The fraction of sp³-hybridized carbons (Fsp3) is 0.364. The molecule has 0 aromatic heterocycles. The Labute approximate surface area is 88.4 Å². The van der Waals surface area contributed by atoms with Gasteiger partial charge in [-0.2, -0.15) is 0 Å². The number of fused-ring (bicyclic) bond motifs is 1. The van der Waals surface area contributed by atoms with Crippen LogP contribution >= 0.6 is 0 Å². The first kappa shape index (κ1) is 9.83. The van der Waals surface area contributed by atoms with E-state index in [1.165, 1.54) is 0 Å². The van der Waals surface area contributed by atoms with Crippen LogP contribution < -0.4 is 15.8 Å². The zero-order valence-electron chi connectivity index (χ0n) is 8.62. The summed E-state index contributed by atoms with van der Waals surface area (Å²) < 4.78 is 5.42. The molecule has 0 saturated carbocycles. The molecule has 1 unspecified atom stereocenters. The third-order valence-corrected chi connectivity index (χ3v) is 2.54. The summed E-state index contributed by atoms with van der Waals surface area (Å²) in [5.74, 6) is 0.545. The Bertz CT molecular complexity index is 390. The molecule has 0 fully saturated rings. The highest BCUT2D eigenvalue weighted by Crippen LogP contribution is 2.31. The lowest BCUT2D eigenvalue weighted by Crippen LogP contribution is -2.32. The van der Waals surface area contributed by atoms with Crippen molar-refractivity contribution in [3.05, 3.63) is 23.8 Å². The molecule has 0 bridgehead atoms. The summed E-state index contributed by atoms with van der Waals surface area (Å²) in [6.07, 6.45) is 0.879. The second-order valence-corrected chi connectivity index (χ2v) is 3.65. The van der Waals surface area contributed by atoms with E-state index in [2.05, 4.69) is 5.32 Å². The van der Waals surface area contributed by atoms with E-state index >= 15 is 0 Å². The van der Waals surface area contributed by atoms with Gasteiger partial charge in [-0.15, -0.1) is 0 Å². The predicted octanol–water partition coefficient (Wildman–Crippen LogP) is 0.907. The molecule has 1 aromatic rings. The van der Waals surface area contributed by atoms with Crippen molar-refractivity contribution in [1.82, 2.24) is 0 Å². The van der Waals surface area contributed by atoms with E-state index in [0.29, 0.717) is 6.61 Å². The Kier molecular flexibility index (Phi) is 2.49. The molecule has 1 aliphatic heterocycles. The number of rotatable bonds is 3. The Morgan fingerprint density at radius 1 is 1.60 bits per heavy atom. The van der Waals surface area contributed by atoms with Gasteiger partial charge in [0.2, 0.25) is 5.91 Å². The number of nitrogens with one attached hydrogen (secondary N) is 1. The van der Waals surface area contributed by atoms with Crippen LogP contribution in [0.15, 0.2) is 18.2 Å². The van der Waals surface area contributed by atoms with Crippen molar-refractivity contribution >= 4 is 11.6 Å². The van der Waals surface area contributed by atoms with E-state index in [1.54, 1.807) is 6.92 Å². The maximum atomic E-state index is 10.9. The lowest BCUT2D eigenvalue weighted by molar-refractivity contribution is -0.118. The Balaban J connectivity index is 2.22. The minimum Gasteiger partial charge on any atom is -0.493 e. The van der Waals surface area contributed by atoms with E-state index in [4.69, 9.17) is 10.5 Å². The van der Waals surface area contributed by atoms with Crippen molar-refractivity contribution < 1.29 is 9.53 Å². The van der Waals surface area contributed by atoms with Crippen LogP contribution in [0.1, 0.15) is 12.5 Å². The topological polar surface area (TPSA) is 64.3 Å². The van der Waals surface area contributed by atoms with Crippen molar-refractivity contribution in [1.29, 1.82) is 0 Å². The van der Waals surface area contributed by atoms with Crippen LogP contribution in [-0.4, -0.2) is 18.6 Å². The number of primary amides is 1. The van der Waals surface area contributed by atoms with Gasteiger partial charge in [0.25, 0.3) is 0 Å². The number of carbonyl (C=O) groups is 1. The van der Waals surface area contributed by atoms with Gasteiger partial charge in [0.1, 0.15) is 11.8 Å². The molecule has 1 amide bonds. The lowest BCUT2D eigenvalue weighted by Gasteiger charge is -2.14. The van der Waals surface area contributed by atoms with Gasteiger partial charge in [-0.3, -0.25) is 4.79 Å². The number of hydrogen-bond donors (Lipinski definition) is 2. The molecule has 1 atom stereocenters. The van der Waals surface area contributed by atoms with Crippen molar-refractivity contribution in [3.8, 4) is 5.75 Å². The van der Waals surface area contributed by atoms with Gasteiger partial charge in [-0.05, 0) is 19.1 Å². The van der Waals surface area contributed by atoms with Gasteiger partial charge >= 0.3 is 0 Å². The first-order chi connectivity index (χ1) is 7.18. The van der Waals surface area contributed by atoms with Crippen molar-refractivity contribution in [3.63, 3.8) is 0 Å². The fourth-order valence-corrected chi connectivity index (χ4v) is 1.66. The average Bonchev–Trinajstić information content (AvgIpc) is 2.66. The number of anilines is 1. The first-order valence-electron chi connectivity index (χ1n) is 4.99. The molecule has 1 aromatic carbocycles. The van der Waals surface area contributed by atoms with Gasteiger partial charge in [-0.1, -0.05) is 6.07 Å². The van der Waals surface area contributed by atoms with Crippen molar-refractivity contribution in [2.45, 2.75) is 19.4 Å². The van der Waals surface area contributed by atoms with Crippen LogP contribution in [0.2, 0.25) is 0 Å². The van der Waals surface area contributed by atoms with E-state index in [9.17, 15) is 4.79 Å². The molecule has 0 saturated heterocycles. The van der Waals surface area contributed by atoms with Crippen molar-refractivity contribution in [2.24, 2.45) is 5.73 Å². The summed E-state index contributed by atoms with van der Waals surface area (Å²) in [5, 5.41) is 3.09. The third-order valence-electron chi connectivity index (χ3n) is 2.54. The predicted molar refractivity (Wildman–Crippen MR) is 57.9 cm³/mol. The zero-order chi connectivity index (χ0) is 10.8. The van der Waals surface area contributed by atoms with Crippen LogP contribution in [0.4, 0.5) is 5.69 Å². The van der Waals surface area contributed by atoms with Crippen LogP contribution in [0.5, 0.6) is 5.75 Å². The van der Waals surface area contributed by atoms with Gasteiger partial charge in [0.05, 0.1) is 6.61 Å². The average molecular weight is 206 g/mol. The molecular weight excluding hydrogens is 192 g/mol. The summed E-state index contributed by atoms with van der Waals surface area (Å²) >= 11 is 0. The number of hydrogen-bond acceptors (Lipinski definition) is 3. The fourth-order valence-electron chi connectivity index (χ4n) is 1.66. The maximum absolute atomic E-state index is 10.9. The number of amides is 1. The molecule has 4 heteroatoms. The Morgan fingerprint density at radius 2 is 2.40 bits per heavy atom. The molecule has 0 spiro atoms. The third kappa shape index (κ3) is 1.88. The summed E-state index contributed by atoms with van der Waals surface area (Å²) in [7, 11) is 0. The smallest absolute Gasteiger partial charge is 0.239 e. The van der Waals surface area contributed by atoms with Gasteiger partial charge in [0, 0.05) is 17.7 Å². The lowest BCUT2D eigenvalue weighted by atomic mass is 10.1. The van der Waals surface area contributed by atoms with E-state index in [1.807, 2.05) is 18.2 Å². The second kappa shape index (κ2) is 3.81. The summed E-state index contributed by atoms with van der Waals surface area (Å²) in [6, 6.07) is 5.41. The largest absolute Gasteiger partial charge is 0.493 e. The highest BCUT2D eigenvalue weighted by atomic mass is 16.5. The molecule has 3 N–H and O–H groups in total. The monoisotopic (exact) mass is 206 g/mol. The van der Waals surface area contributed by atoms with Crippen molar-refractivity contribution in [2.75, 3.05) is 11.9 Å². The summed E-state index contributed by atoms with van der Waals surface area (Å²) in [5.41, 5.74) is 7.27. The molecule has 80 valence electrons.